The number of nitrogens with zero attached hydrogens (tertiary/aromatic N) is 2. The lowest BCUT2D eigenvalue weighted by Crippen LogP contribution is -2.46. The third kappa shape index (κ3) is 4.79. The van der Waals surface area contributed by atoms with Crippen molar-refractivity contribution >= 4 is 21.4 Å². The number of aryl methyl sites for hydroxylation is 1. The van der Waals surface area contributed by atoms with Crippen LogP contribution in [0.25, 0.3) is 10.1 Å². The van der Waals surface area contributed by atoms with E-state index in [0.29, 0.717) is 0 Å². The van der Waals surface area contributed by atoms with Gasteiger partial charge >= 0.3 is 0 Å². The first-order valence-corrected chi connectivity index (χ1v) is 10.1. The van der Waals surface area contributed by atoms with Crippen LogP contribution in [0, 0.1) is 0 Å². The van der Waals surface area contributed by atoms with Crippen LogP contribution in [0.3, 0.4) is 0 Å². The van der Waals surface area contributed by atoms with Crippen LogP contribution in [0.15, 0.2) is 29.6 Å². The molecule has 3 rings (SSSR count). The number of hydrogen-bond acceptors (Lipinski definition) is 3. The minimum atomic E-state index is 1.22. The van der Waals surface area contributed by atoms with Crippen molar-refractivity contribution in [1.29, 1.82) is 0 Å². The van der Waals surface area contributed by atoms with E-state index in [-0.39, 0.29) is 0 Å². The van der Waals surface area contributed by atoms with E-state index in [0.717, 1.165) is 0 Å². The van der Waals surface area contributed by atoms with Gasteiger partial charge in [0.25, 0.3) is 0 Å². The van der Waals surface area contributed by atoms with E-state index < -0.39 is 0 Å². The molecule has 3 heteroatoms. The molecule has 1 aliphatic rings. The van der Waals surface area contributed by atoms with Gasteiger partial charge in [-0.25, -0.2) is 0 Å². The van der Waals surface area contributed by atoms with Crippen molar-refractivity contribution in [3.8, 4) is 0 Å². The van der Waals surface area contributed by atoms with Crippen molar-refractivity contribution in [3.63, 3.8) is 0 Å². The summed E-state index contributed by atoms with van der Waals surface area (Å²) in [6, 6.07) is 8.82. The van der Waals surface area contributed by atoms with Gasteiger partial charge in [-0.15, -0.1) is 11.3 Å². The standard InChI is InChI=1S/C20H30N2S/c1-2-3-6-11-21-13-15-22(16-14-21)12-7-8-18-17-23-20-10-5-4-9-19(18)20/h4-5,9-10,17H,2-3,6-8,11-16H2,1H3. The molecule has 0 saturated carbocycles. The number of piperazine rings is 1. The van der Waals surface area contributed by atoms with Crippen molar-refractivity contribution in [2.24, 2.45) is 0 Å². The van der Waals surface area contributed by atoms with Gasteiger partial charge in [0.1, 0.15) is 0 Å². The van der Waals surface area contributed by atoms with Crippen LogP contribution in [0.2, 0.25) is 0 Å². The molecule has 23 heavy (non-hydrogen) atoms. The lowest BCUT2D eigenvalue weighted by molar-refractivity contribution is 0.130. The first kappa shape index (κ1) is 16.9. The second kappa shape index (κ2) is 8.81. The number of unbranched alkanes of at least 4 members (excludes halogenated alkanes) is 2. The summed E-state index contributed by atoms with van der Waals surface area (Å²) in [5.41, 5.74) is 1.55. The zero-order valence-corrected chi connectivity index (χ0v) is 15.3. The molecule has 0 radical (unpaired) electrons. The summed E-state index contributed by atoms with van der Waals surface area (Å²) >= 11 is 1.89. The van der Waals surface area contributed by atoms with Crippen LogP contribution in [0.5, 0.6) is 0 Å². The summed E-state index contributed by atoms with van der Waals surface area (Å²) in [6.45, 7) is 9.91. The highest BCUT2D eigenvalue weighted by Crippen LogP contribution is 2.26. The molecular formula is C20H30N2S. The maximum Gasteiger partial charge on any atom is 0.0345 e. The minimum absolute atomic E-state index is 1.22. The Morgan fingerprint density at radius 3 is 2.35 bits per heavy atom. The monoisotopic (exact) mass is 330 g/mol. The molecule has 0 amide bonds. The van der Waals surface area contributed by atoms with Gasteiger partial charge in [-0.3, -0.25) is 0 Å². The second-order valence-corrected chi connectivity index (χ2v) is 7.66. The van der Waals surface area contributed by atoms with Crippen LogP contribution in [-0.2, 0) is 6.42 Å². The molecule has 1 aromatic carbocycles. The highest BCUT2D eigenvalue weighted by Gasteiger charge is 2.16. The Bertz CT molecular complexity index is 584. The second-order valence-electron chi connectivity index (χ2n) is 6.75. The molecular weight excluding hydrogens is 300 g/mol. The van der Waals surface area contributed by atoms with Crippen LogP contribution < -0.4 is 0 Å². The number of benzene rings is 1. The van der Waals surface area contributed by atoms with E-state index in [1.54, 1.807) is 5.56 Å². The maximum absolute atomic E-state index is 2.66. The van der Waals surface area contributed by atoms with Gasteiger partial charge in [-0.2, -0.15) is 0 Å². The number of thiophene rings is 1. The van der Waals surface area contributed by atoms with Crippen LogP contribution in [0.4, 0.5) is 0 Å². The summed E-state index contributed by atoms with van der Waals surface area (Å²) in [6.07, 6.45) is 6.60. The highest BCUT2D eigenvalue weighted by molar-refractivity contribution is 7.17. The maximum atomic E-state index is 2.66. The smallest absolute Gasteiger partial charge is 0.0345 e. The third-order valence-corrected chi connectivity index (χ3v) is 6.04. The highest BCUT2D eigenvalue weighted by atomic mass is 32.1. The van der Waals surface area contributed by atoms with Gasteiger partial charge in [-0.05, 0) is 54.7 Å². The van der Waals surface area contributed by atoms with Gasteiger partial charge in [0, 0.05) is 30.9 Å². The Morgan fingerprint density at radius 1 is 0.913 bits per heavy atom. The summed E-state index contributed by atoms with van der Waals surface area (Å²) in [5, 5.41) is 3.83. The normalized spacial score (nSPS) is 17.1. The SMILES string of the molecule is CCCCCN1CCN(CCCc2csc3ccccc23)CC1. The van der Waals surface area contributed by atoms with Gasteiger partial charge in [0.15, 0.2) is 0 Å². The molecule has 1 fully saturated rings. The molecule has 0 unspecified atom stereocenters. The number of hydrogen-bond donors (Lipinski definition) is 0. The van der Waals surface area contributed by atoms with E-state index in [2.05, 4.69) is 46.4 Å². The molecule has 0 bridgehead atoms. The molecule has 0 aliphatic carbocycles. The van der Waals surface area contributed by atoms with Gasteiger partial charge in [0.05, 0.1) is 0 Å². The van der Waals surface area contributed by atoms with Crippen molar-refractivity contribution in [2.45, 2.75) is 39.0 Å². The zero-order valence-electron chi connectivity index (χ0n) is 14.5. The fourth-order valence-corrected chi connectivity index (χ4v) is 4.54. The Kier molecular flexibility index (Phi) is 6.49. The molecule has 0 atom stereocenters. The molecule has 1 aliphatic heterocycles. The van der Waals surface area contributed by atoms with Gasteiger partial charge in [0.2, 0.25) is 0 Å². The Balaban J connectivity index is 1.37. The first-order chi connectivity index (χ1) is 11.4. The fourth-order valence-electron chi connectivity index (χ4n) is 3.54. The molecule has 1 aromatic heterocycles. The predicted molar refractivity (Wildman–Crippen MR) is 103 cm³/mol. The Labute approximate surface area is 145 Å². The molecule has 0 N–H and O–H groups in total. The molecule has 126 valence electrons. The largest absolute Gasteiger partial charge is 0.301 e. The molecule has 0 spiro atoms. The third-order valence-electron chi connectivity index (χ3n) is 5.02. The number of fused-ring (bicyclic) bond motifs is 1. The van der Waals surface area contributed by atoms with Crippen LogP contribution in [-0.4, -0.2) is 49.1 Å². The van der Waals surface area contributed by atoms with Gasteiger partial charge < -0.3 is 9.80 Å². The Hall–Kier alpha value is -0.900. The summed E-state index contributed by atoms with van der Waals surface area (Å²) in [5.74, 6) is 0. The van der Waals surface area contributed by atoms with E-state index in [1.165, 1.54) is 81.5 Å². The molecule has 1 saturated heterocycles. The lowest BCUT2D eigenvalue weighted by Gasteiger charge is -2.34. The zero-order chi connectivity index (χ0) is 15.9. The Morgan fingerprint density at radius 2 is 1.61 bits per heavy atom. The van der Waals surface area contributed by atoms with Crippen molar-refractivity contribution in [1.82, 2.24) is 9.80 Å². The van der Waals surface area contributed by atoms with Crippen LogP contribution >= 0.6 is 11.3 Å². The number of rotatable bonds is 8. The van der Waals surface area contributed by atoms with Crippen molar-refractivity contribution in [3.05, 3.63) is 35.2 Å². The first-order valence-electron chi connectivity index (χ1n) is 9.26. The van der Waals surface area contributed by atoms with Gasteiger partial charge in [-0.1, -0.05) is 38.0 Å². The van der Waals surface area contributed by atoms with E-state index in [1.807, 2.05) is 11.3 Å². The predicted octanol–water partition coefficient (Wildman–Crippen LogP) is 4.64. The quantitative estimate of drug-likeness (QED) is 0.651. The van der Waals surface area contributed by atoms with E-state index in [4.69, 9.17) is 0 Å². The summed E-state index contributed by atoms with van der Waals surface area (Å²) in [4.78, 5) is 5.31. The average molecular weight is 331 g/mol. The summed E-state index contributed by atoms with van der Waals surface area (Å²) < 4.78 is 1.43. The van der Waals surface area contributed by atoms with Crippen molar-refractivity contribution in [2.75, 3.05) is 39.3 Å². The molecule has 2 aromatic rings. The van der Waals surface area contributed by atoms with Crippen LogP contribution in [0.1, 0.15) is 38.2 Å². The lowest BCUT2D eigenvalue weighted by atomic mass is 10.1. The van der Waals surface area contributed by atoms with Crippen molar-refractivity contribution < 1.29 is 0 Å². The topological polar surface area (TPSA) is 6.48 Å². The molecule has 2 nitrogen and oxygen atoms in total. The summed E-state index contributed by atoms with van der Waals surface area (Å²) in [7, 11) is 0. The molecule has 2 heterocycles. The van der Waals surface area contributed by atoms with E-state index in [9.17, 15) is 0 Å². The van der Waals surface area contributed by atoms with E-state index >= 15 is 0 Å². The average Bonchev–Trinajstić information content (AvgIpc) is 3.00. The minimum Gasteiger partial charge on any atom is -0.301 e. The fraction of sp³-hybridized carbons (Fsp3) is 0.600.